The maximum atomic E-state index is 13.6. The van der Waals surface area contributed by atoms with Gasteiger partial charge in [-0.25, -0.2) is 9.18 Å². The van der Waals surface area contributed by atoms with Gasteiger partial charge in [-0.3, -0.25) is 4.79 Å². The van der Waals surface area contributed by atoms with E-state index in [4.69, 9.17) is 10.8 Å². The van der Waals surface area contributed by atoms with Crippen LogP contribution in [0.1, 0.15) is 19.4 Å². The van der Waals surface area contributed by atoms with Crippen LogP contribution in [0.4, 0.5) is 10.1 Å². The minimum atomic E-state index is -1.12. The van der Waals surface area contributed by atoms with Gasteiger partial charge in [-0.15, -0.1) is 0 Å². The summed E-state index contributed by atoms with van der Waals surface area (Å²) >= 11 is 0. The van der Waals surface area contributed by atoms with E-state index in [1.807, 2.05) is 13.8 Å². The summed E-state index contributed by atoms with van der Waals surface area (Å²) in [6.45, 7) is 3.66. The molecular formula is C14H17FN2O3. The average molecular weight is 280 g/mol. The number of carbonyl (C=O) groups excluding carboxylic acids is 1. The Morgan fingerprint density at radius 2 is 2.05 bits per heavy atom. The number of amides is 1. The van der Waals surface area contributed by atoms with Crippen molar-refractivity contribution >= 4 is 23.6 Å². The van der Waals surface area contributed by atoms with Gasteiger partial charge in [-0.2, -0.15) is 0 Å². The monoisotopic (exact) mass is 280 g/mol. The number of anilines is 1. The second kappa shape index (κ2) is 6.70. The van der Waals surface area contributed by atoms with E-state index in [0.29, 0.717) is 11.3 Å². The number of carboxylic acid groups (broad SMARTS) is 1. The molecule has 0 bridgehead atoms. The zero-order valence-electron chi connectivity index (χ0n) is 11.3. The lowest BCUT2D eigenvalue weighted by Crippen LogP contribution is -2.38. The van der Waals surface area contributed by atoms with E-state index in [9.17, 15) is 14.0 Å². The molecule has 0 atom stereocenters. The van der Waals surface area contributed by atoms with Crippen molar-refractivity contribution in [2.75, 3.05) is 11.4 Å². The summed E-state index contributed by atoms with van der Waals surface area (Å²) in [5.74, 6) is -2.15. The van der Waals surface area contributed by atoms with E-state index >= 15 is 0 Å². The molecule has 0 unspecified atom stereocenters. The van der Waals surface area contributed by atoms with Crippen molar-refractivity contribution in [3.63, 3.8) is 0 Å². The van der Waals surface area contributed by atoms with Gasteiger partial charge in [0.05, 0.1) is 6.54 Å². The van der Waals surface area contributed by atoms with Gasteiger partial charge in [0, 0.05) is 17.8 Å². The van der Waals surface area contributed by atoms with E-state index in [1.54, 1.807) is 11.0 Å². The first kappa shape index (κ1) is 15.7. The molecule has 3 N–H and O–H groups in total. The molecule has 20 heavy (non-hydrogen) atoms. The van der Waals surface area contributed by atoms with Crippen LogP contribution in [0.2, 0.25) is 0 Å². The largest absolute Gasteiger partial charge is 0.478 e. The Morgan fingerprint density at radius 3 is 2.55 bits per heavy atom. The Balaban J connectivity index is 3.15. The molecule has 0 heterocycles. The minimum absolute atomic E-state index is 0.0385. The summed E-state index contributed by atoms with van der Waals surface area (Å²) in [6, 6.07) is 4.04. The third-order valence-electron chi connectivity index (χ3n) is 2.60. The van der Waals surface area contributed by atoms with Gasteiger partial charge in [0.2, 0.25) is 5.91 Å². The van der Waals surface area contributed by atoms with Crippen LogP contribution < -0.4 is 10.6 Å². The first-order valence-corrected chi connectivity index (χ1v) is 6.06. The molecule has 0 aromatic heterocycles. The number of carboxylic acids is 1. The number of hydrogen-bond donors (Lipinski definition) is 2. The average Bonchev–Trinajstić information content (AvgIpc) is 2.32. The summed E-state index contributed by atoms with van der Waals surface area (Å²) in [4.78, 5) is 23.2. The molecule has 0 fully saturated rings. The number of nitrogens with two attached hydrogens (primary N) is 1. The Hall–Kier alpha value is -2.37. The van der Waals surface area contributed by atoms with Crippen LogP contribution in [0.3, 0.4) is 0 Å². The maximum Gasteiger partial charge on any atom is 0.328 e. The van der Waals surface area contributed by atoms with Gasteiger partial charge in [-0.05, 0) is 43.7 Å². The van der Waals surface area contributed by atoms with Gasteiger partial charge < -0.3 is 15.7 Å². The third-order valence-corrected chi connectivity index (χ3v) is 2.60. The highest BCUT2D eigenvalue weighted by Gasteiger charge is 2.14. The van der Waals surface area contributed by atoms with E-state index in [2.05, 4.69) is 0 Å². The van der Waals surface area contributed by atoms with Crippen molar-refractivity contribution in [3.8, 4) is 0 Å². The van der Waals surface area contributed by atoms with Crippen molar-refractivity contribution in [3.05, 3.63) is 35.7 Å². The van der Waals surface area contributed by atoms with Gasteiger partial charge >= 0.3 is 5.97 Å². The first-order valence-electron chi connectivity index (χ1n) is 6.06. The Kier molecular flexibility index (Phi) is 5.25. The normalized spacial score (nSPS) is 11.0. The predicted octanol–water partition coefficient (Wildman–Crippen LogP) is 1.62. The van der Waals surface area contributed by atoms with E-state index < -0.39 is 17.7 Å². The molecule has 1 rings (SSSR count). The van der Waals surface area contributed by atoms with Gasteiger partial charge in [0.25, 0.3) is 0 Å². The lowest BCUT2D eigenvalue weighted by atomic mass is 10.1. The van der Waals surface area contributed by atoms with Crippen LogP contribution in [-0.4, -0.2) is 29.6 Å². The van der Waals surface area contributed by atoms with Crippen molar-refractivity contribution in [2.24, 2.45) is 5.73 Å². The maximum absolute atomic E-state index is 13.6. The highest BCUT2D eigenvalue weighted by atomic mass is 19.1. The number of rotatable bonds is 6. The number of benzene rings is 1. The highest BCUT2D eigenvalue weighted by molar-refractivity contribution is 5.85. The van der Waals surface area contributed by atoms with Crippen LogP contribution in [0.15, 0.2) is 24.3 Å². The quantitative estimate of drug-likeness (QED) is 0.776. The molecule has 108 valence electrons. The summed E-state index contributed by atoms with van der Waals surface area (Å²) in [6.07, 6.45) is 2.21. The summed E-state index contributed by atoms with van der Waals surface area (Å²) in [5, 5.41) is 8.58. The van der Waals surface area contributed by atoms with Crippen molar-refractivity contribution in [1.29, 1.82) is 0 Å². The van der Waals surface area contributed by atoms with E-state index in [0.717, 1.165) is 6.08 Å². The van der Waals surface area contributed by atoms with E-state index in [1.165, 1.54) is 18.2 Å². The molecule has 0 saturated carbocycles. The van der Waals surface area contributed by atoms with Crippen molar-refractivity contribution < 1.29 is 19.1 Å². The number of hydrogen-bond acceptors (Lipinski definition) is 3. The van der Waals surface area contributed by atoms with Crippen LogP contribution in [0.25, 0.3) is 6.08 Å². The van der Waals surface area contributed by atoms with Crippen molar-refractivity contribution in [1.82, 2.24) is 0 Å². The Labute approximate surface area is 116 Å². The zero-order valence-corrected chi connectivity index (χ0v) is 11.3. The predicted molar refractivity (Wildman–Crippen MR) is 74.7 cm³/mol. The number of nitrogens with zero attached hydrogens (tertiary/aromatic N) is 1. The summed E-state index contributed by atoms with van der Waals surface area (Å²) in [5.41, 5.74) is 6.05. The van der Waals surface area contributed by atoms with Crippen molar-refractivity contribution in [2.45, 2.75) is 19.9 Å². The summed E-state index contributed by atoms with van der Waals surface area (Å²) < 4.78 is 13.6. The molecule has 0 radical (unpaired) electrons. The highest BCUT2D eigenvalue weighted by Crippen LogP contribution is 2.21. The fraction of sp³-hybridized carbons (Fsp3) is 0.286. The number of primary amides is 1. The smallest absolute Gasteiger partial charge is 0.328 e. The lowest BCUT2D eigenvalue weighted by Gasteiger charge is -2.28. The van der Waals surface area contributed by atoms with Gasteiger partial charge in [0.15, 0.2) is 0 Å². The van der Waals surface area contributed by atoms with Crippen LogP contribution >= 0.6 is 0 Å². The third kappa shape index (κ3) is 4.72. The number of halogens is 1. The molecule has 0 aliphatic carbocycles. The standard InChI is InChI=1S/C14H17FN2O3/c1-9(2)17(8-13(16)18)12-6-10(3-4-14(19)20)5-11(15)7-12/h3-7,9H,8H2,1-2H3,(H2,16,18)(H,19,20)/b4-3+. The van der Waals surface area contributed by atoms with Gasteiger partial charge in [0.1, 0.15) is 5.82 Å². The molecule has 1 aromatic carbocycles. The molecule has 1 aromatic rings. The molecule has 0 aliphatic rings. The molecule has 6 heteroatoms. The van der Waals surface area contributed by atoms with Crippen LogP contribution in [-0.2, 0) is 9.59 Å². The minimum Gasteiger partial charge on any atom is -0.478 e. The van der Waals surface area contributed by atoms with Crippen LogP contribution in [0, 0.1) is 5.82 Å². The SMILES string of the molecule is CC(C)N(CC(N)=O)c1cc(F)cc(/C=C/C(=O)O)c1. The zero-order chi connectivity index (χ0) is 15.3. The molecule has 0 aliphatic heterocycles. The molecule has 0 spiro atoms. The molecule has 1 amide bonds. The topological polar surface area (TPSA) is 83.6 Å². The van der Waals surface area contributed by atoms with Gasteiger partial charge in [-0.1, -0.05) is 0 Å². The molecule has 5 nitrogen and oxygen atoms in total. The second-order valence-electron chi connectivity index (χ2n) is 4.60. The second-order valence-corrected chi connectivity index (χ2v) is 4.60. The van der Waals surface area contributed by atoms with Crippen LogP contribution in [0.5, 0.6) is 0 Å². The molecule has 0 saturated heterocycles. The molecular weight excluding hydrogens is 263 g/mol. The first-order chi connectivity index (χ1) is 9.29. The van der Waals surface area contributed by atoms with E-state index in [-0.39, 0.29) is 12.6 Å². The summed E-state index contributed by atoms with van der Waals surface area (Å²) in [7, 11) is 0. The number of aliphatic carboxylic acids is 1. The fourth-order valence-corrected chi connectivity index (χ4v) is 1.77. The number of carbonyl (C=O) groups is 2. The Bertz CT molecular complexity index is 541. The fourth-order valence-electron chi connectivity index (χ4n) is 1.77. The lowest BCUT2D eigenvalue weighted by molar-refractivity contribution is -0.131. The Morgan fingerprint density at radius 1 is 1.40 bits per heavy atom.